The zero-order chi connectivity index (χ0) is 12.6. The molecule has 90 valence electrons. The van der Waals surface area contributed by atoms with Crippen LogP contribution < -0.4 is 0 Å². The van der Waals surface area contributed by atoms with Gasteiger partial charge < -0.3 is 0 Å². The van der Waals surface area contributed by atoms with Crippen molar-refractivity contribution < 1.29 is 0 Å². The molecule has 0 saturated carbocycles. The highest BCUT2D eigenvalue weighted by Crippen LogP contribution is 2.39. The lowest BCUT2D eigenvalue weighted by atomic mass is 9.96. The van der Waals surface area contributed by atoms with Gasteiger partial charge in [0.2, 0.25) is 0 Å². The van der Waals surface area contributed by atoms with Crippen LogP contribution in [0.3, 0.4) is 0 Å². The standard InChI is InChI=1S/C15H17BrS/c1-9-6-5-7-10(2)14(9)15(16)13-8-11(3)17-12(13)4/h5-8,15H,1-4H3. The van der Waals surface area contributed by atoms with Crippen molar-refractivity contribution >= 4 is 27.3 Å². The molecular weight excluding hydrogens is 292 g/mol. The molecule has 0 amide bonds. The maximum atomic E-state index is 3.87. The molecule has 17 heavy (non-hydrogen) atoms. The summed E-state index contributed by atoms with van der Waals surface area (Å²) < 4.78 is 0. The first-order valence-electron chi connectivity index (χ1n) is 5.78. The monoisotopic (exact) mass is 308 g/mol. The Morgan fingerprint density at radius 1 is 1.06 bits per heavy atom. The number of rotatable bonds is 2. The third-order valence-electron chi connectivity index (χ3n) is 3.15. The first kappa shape index (κ1) is 12.8. The molecule has 1 aromatic carbocycles. The number of hydrogen-bond donors (Lipinski definition) is 0. The van der Waals surface area contributed by atoms with Gasteiger partial charge in [0, 0.05) is 9.75 Å². The molecule has 1 heterocycles. The van der Waals surface area contributed by atoms with E-state index in [0.717, 1.165) is 0 Å². The van der Waals surface area contributed by atoms with E-state index in [4.69, 9.17) is 0 Å². The summed E-state index contributed by atoms with van der Waals surface area (Å²) in [6.45, 7) is 8.75. The van der Waals surface area contributed by atoms with E-state index in [1.54, 1.807) is 0 Å². The molecular formula is C15H17BrS. The van der Waals surface area contributed by atoms with Crippen LogP contribution in [-0.4, -0.2) is 0 Å². The van der Waals surface area contributed by atoms with E-state index in [0.29, 0.717) is 4.83 Å². The van der Waals surface area contributed by atoms with E-state index in [1.165, 1.54) is 32.0 Å². The highest BCUT2D eigenvalue weighted by Gasteiger charge is 2.18. The second-order valence-corrected chi connectivity index (χ2v) is 6.91. The van der Waals surface area contributed by atoms with Gasteiger partial charge in [-0.15, -0.1) is 11.3 Å². The van der Waals surface area contributed by atoms with Gasteiger partial charge in [0.15, 0.2) is 0 Å². The molecule has 0 saturated heterocycles. The minimum absolute atomic E-state index is 0.314. The van der Waals surface area contributed by atoms with E-state index in [2.05, 4.69) is 67.9 Å². The summed E-state index contributed by atoms with van der Waals surface area (Å²) in [5.41, 5.74) is 5.53. The van der Waals surface area contributed by atoms with Gasteiger partial charge in [-0.2, -0.15) is 0 Å². The summed E-state index contributed by atoms with van der Waals surface area (Å²) >= 11 is 5.74. The van der Waals surface area contributed by atoms with Crippen LogP contribution in [0, 0.1) is 27.7 Å². The van der Waals surface area contributed by atoms with Gasteiger partial charge in [-0.25, -0.2) is 0 Å². The lowest BCUT2D eigenvalue weighted by molar-refractivity contribution is 1.10. The number of benzene rings is 1. The number of halogens is 1. The Balaban J connectivity index is 2.51. The number of hydrogen-bond acceptors (Lipinski definition) is 1. The van der Waals surface area contributed by atoms with Crippen molar-refractivity contribution in [1.82, 2.24) is 0 Å². The Morgan fingerprint density at radius 3 is 2.12 bits per heavy atom. The van der Waals surface area contributed by atoms with Crippen molar-refractivity contribution in [3.05, 3.63) is 56.3 Å². The lowest BCUT2D eigenvalue weighted by Crippen LogP contribution is -1.99. The van der Waals surface area contributed by atoms with Gasteiger partial charge in [-0.3, -0.25) is 0 Å². The topological polar surface area (TPSA) is 0 Å². The van der Waals surface area contributed by atoms with Crippen molar-refractivity contribution in [3.8, 4) is 0 Å². The second kappa shape index (κ2) is 4.95. The third-order valence-corrected chi connectivity index (χ3v) is 5.08. The predicted octanol–water partition coefficient (Wildman–Crippen LogP) is 5.47. The summed E-state index contributed by atoms with van der Waals surface area (Å²) in [5.74, 6) is 0. The molecule has 1 atom stereocenters. The minimum Gasteiger partial charge on any atom is -0.146 e. The van der Waals surface area contributed by atoms with Crippen LogP contribution in [0.2, 0.25) is 0 Å². The summed E-state index contributed by atoms with van der Waals surface area (Å²) in [5, 5.41) is 0. The largest absolute Gasteiger partial charge is 0.146 e. The van der Waals surface area contributed by atoms with E-state index in [1.807, 2.05) is 11.3 Å². The molecule has 2 aromatic rings. The van der Waals surface area contributed by atoms with Crippen LogP contribution >= 0.6 is 27.3 Å². The van der Waals surface area contributed by atoms with Crippen molar-refractivity contribution in [2.45, 2.75) is 32.5 Å². The summed E-state index contributed by atoms with van der Waals surface area (Å²) in [6, 6.07) is 8.79. The van der Waals surface area contributed by atoms with Gasteiger partial charge in [-0.1, -0.05) is 34.1 Å². The van der Waals surface area contributed by atoms with Crippen LogP contribution in [0.15, 0.2) is 24.3 Å². The molecule has 0 fully saturated rings. The zero-order valence-corrected chi connectivity index (χ0v) is 13.1. The lowest BCUT2D eigenvalue weighted by Gasteiger charge is -2.16. The van der Waals surface area contributed by atoms with Crippen molar-refractivity contribution in [1.29, 1.82) is 0 Å². The van der Waals surface area contributed by atoms with Crippen molar-refractivity contribution in [2.75, 3.05) is 0 Å². The van der Waals surface area contributed by atoms with Crippen molar-refractivity contribution in [3.63, 3.8) is 0 Å². The van der Waals surface area contributed by atoms with Crippen LogP contribution in [0.4, 0.5) is 0 Å². The third kappa shape index (κ3) is 2.48. The molecule has 0 radical (unpaired) electrons. The average molecular weight is 309 g/mol. The maximum absolute atomic E-state index is 3.87. The van der Waals surface area contributed by atoms with Crippen LogP contribution in [0.5, 0.6) is 0 Å². The molecule has 2 heteroatoms. The van der Waals surface area contributed by atoms with Crippen LogP contribution in [0.25, 0.3) is 0 Å². The number of thiophene rings is 1. The molecule has 0 spiro atoms. The van der Waals surface area contributed by atoms with Gasteiger partial charge in [-0.05, 0) is 56.0 Å². The molecule has 1 unspecified atom stereocenters. The van der Waals surface area contributed by atoms with E-state index < -0.39 is 0 Å². The van der Waals surface area contributed by atoms with Crippen LogP contribution in [0.1, 0.15) is 36.8 Å². The Kier molecular flexibility index (Phi) is 3.74. The van der Waals surface area contributed by atoms with Gasteiger partial charge in [0.05, 0.1) is 4.83 Å². The van der Waals surface area contributed by atoms with E-state index >= 15 is 0 Å². The fourth-order valence-corrected chi connectivity index (χ4v) is 4.60. The van der Waals surface area contributed by atoms with E-state index in [-0.39, 0.29) is 0 Å². The first-order chi connectivity index (χ1) is 8.00. The van der Waals surface area contributed by atoms with Gasteiger partial charge in [0.25, 0.3) is 0 Å². The summed E-state index contributed by atoms with van der Waals surface area (Å²) in [4.78, 5) is 3.11. The fraction of sp³-hybridized carbons (Fsp3) is 0.333. The Morgan fingerprint density at radius 2 is 1.65 bits per heavy atom. The molecule has 0 nitrogen and oxygen atoms in total. The maximum Gasteiger partial charge on any atom is 0.0660 e. The number of alkyl halides is 1. The molecule has 1 aromatic heterocycles. The molecule has 2 rings (SSSR count). The quantitative estimate of drug-likeness (QED) is 0.646. The fourth-order valence-electron chi connectivity index (χ4n) is 2.28. The summed E-state index contributed by atoms with van der Waals surface area (Å²) in [7, 11) is 0. The smallest absolute Gasteiger partial charge is 0.0660 e. The average Bonchev–Trinajstić information content (AvgIpc) is 2.57. The normalized spacial score (nSPS) is 12.8. The Hall–Kier alpha value is -0.600. The Labute approximate surface area is 116 Å². The van der Waals surface area contributed by atoms with Gasteiger partial charge >= 0.3 is 0 Å². The van der Waals surface area contributed by atoms with E-state index in [9.17, 15) is 0 Å². The highest BCUT2D eigenvalue weighted by atomic mass is 79.9. The highest BCUT2D eigenvalue weighted by molar-refractivity contribution is 9.09. The number of aryl methyl sites for hydroxylation is 4. The zero-order valence-electron chi connectivity index (χ0n) is 10.7. The second-order valence-electron chi connectivity index (χ2n) is 4.54. The Bertz CT molecular complexity index is 520. The molecule has 0 N–H and O–H groups in total. The van der Waals surface area contributed by atoms with Crippen LogP contribution in [-0.2, 0) is 0 Å². The molecule has 0 aliphatic heterocycles. The molecule has 0 aliphatic rings. The first-order valence-corrected chi connectivity index (χ1v) is 7.51. The molecule has 0 aliphatic carbocycles. The minimum atomic E-state index is 0.314. The summed E-state index contributed by atoms with van der Waals surface area (Å²) in [6.07, 6.45) is 0. The molecule has 0 bridgehead atoms. The van der Waals surface area contributed by atoms with Gasteiger partial charge in [0.1, 0.15) is 0 Å². The predicted molar refractivity (Wildman–Crippen MR) is 80.5 cm³/mol. The van der Waals surface area contributed by atoms with Crippen molar-refractivity contribution in [2.24, 2.45) is 0 Å². The SMILES string of the molecule is Cc1cc(C(Br)c2c(C)cccc2C)c(C)s1.